The lowest BCUT2D eigenvalue weighted by Crippen LogP contribution is -2.42. The Labute approximate surface area is 129 Å². The quantitative estimate of drug-likeness (QED) is 0.868. The first-order chi connectivity index (χ1) is 10.7. The van der Waals surface area contributed by atoms with Crippen molar-refractivity contribution in [2.24, 2.45) is 0 Å². The topological polar surface area (TPSA) is 76.2 Å². The average Bonchev–Trinajstić information content (AvgIpc) is 3.22. The van der Waals surface area contributed by atoms with Gasteiger partial charge in [-0.2, -0.15) is 5.10 Å². The van der Waals surface area contributed by atoms with E-state index >= 15 is 0 Å². The van der Waals surface area contributed by atoms with Crippen LogP contribution in [0, 0.1) is 0 Å². The summed E-state index contributed by atoms with van der Waals surface area (Å²) in [4.78, 5) is 18.4. The number of furan rings is 1. The molecule has 1 saturated heterocycles. The van der Waals surface area contributed by atoms with Gasteiger partial charge in [0.1, 0.15) is 18.4 Å². The van der Waals surface area contributed by atoms with Crippen LogP contribution in [-0.2, 0) is 11.3 Å². The number of carbonyl (C=O) groups excluding carboxylic acids is 1. The second kappa shape index (κ2) is 6.74. The van der Waals surface area contributed by atoms with Gasteiger partial charge in [0.05, 0.1) is 25.4 Å². The van der Waals surface area contributed by atoms with Gasteiger partial charge in [-0.3, -0.25) is 14.4 Å². The first kappa shape index (κ1) is 14.8. The first-order valence-electron chi connectivity index (χ1n) is 7.61. The highest BCUT2D eigenvalue weighted by Crippen LogP contribution is 2.18. The molecule has 7 heteroatoms. The molecule has 3 heterocycles. The van der Waals surface area contributed by atoms with Gasteiger partial charge in [0.15, 0.2) is 0 Å². The molecule has 1 aliphatic rings. The lowest BCUT2D eigenvalue weighted by molar-refractivity contribution is -0.123. The Hall–Kier alpha value is -2.15. The van der Waals surface area contributed by atoms with Crippen LogP contribution in [-0.4, -0.2) is 44.7 Å². The smallest absolute Gasteiger partial charge is 0.234 e. The molecule has 1 aliphatic heterocycles. The Bertz CT molecular complexity index is 581. The summed E-state index contributed by atoms with van der Waals surface area (Å²) >= 11 is 0. The molecule has 0 bridgehead atoms. The first-order valence-corrected chi connectivity index (χ1v) is 7.61. The van der Waals surface area contributed by atoms with Crippen molar-refractivity contribution in [3.8, 4) is 0 Å². The molecule has 0 saturated carbocycles. The number of nitrogens with zero attached hydrogens (tertiary/aromatic N) is 4. The van der Waals surface area contributed by atoms with Gasteiger partial charge in [0.2, 0.25) is 5.91 Å². The summed E-state index contributed by atoms with van der Waals surface area (Å²) in [6.07, 6.45) is 7.07. The van der Waals surface area contributed by atoms with Crippen LogP contribution in [0.3, 0.4) is 0 Å². The predicted molar refractivity (Wildman–Crippen MR) is 79.9 cm³/mol. The molecule has 118 valence electrons. The Kier molecular flexibility index (Phi) is 4.53. The maximum atomic E-state index is 12.2. The summed E-state index contributed by atoms with van der Waals surface area (Å²) in [5, 5.41) is 7.12. The van der Waals surface area contributed by atoms with Crippen LogP contribution in [0.1, 0.15) is 31.6 Å². The van der Waals surface area contributed by atoms with Gasteiger partial charge in [0, 0.05) is 6.04 Å². The third-order valence-corrected chi connectivity index (χ3v) is 4.06. The van der Waals surface area contributed by atoms with Crippen molar-refractivity contribution in [1.29, 1.82) is 0 Å². The molecule has 1 amide bonds. The monoisotopic (exact) mass is 303 g/mol. The zero-order valence-electron chi connectivity index (χ0n) is 12.7. The van der Waals surface area contributed by atoms with Crippen molar-refractivity contribution in [2.75, 3.05) is 13.1 Å². The van der Waals surface area contributed by atoms with Crippen molar-refractivity contribution in [3.63, 3.8) is 0 Å². The maximum absolute atomic E-state index is 12.2. The third-order valence-electron chi connectivity index (χ3n) is 4.06. The molecule has 0 radical (unpaired) electrons. The molecule has 0 aliphatic carbocycles. The minimum atomic E-state index is -0.112. The lowest BCUT2D eigenvalue weighted by atomic mass is 10.2. The summed E-state index contributed by atoms with van der Waals surface area (Å²) < 4.78 is 7.14. The SMILES string of the molecule is C[C@@H](NC(=O)CN1CCC[C@H]1Cn1cncn1)c1ccco1. The predicted octanol–water partition coefficient (Wildman–Crippen LogP) is 1.21. The molecule has 1 fully saturated rings. The Morgan fingerprint density at radius 2 is 2.50 bits per heavy atom. The number of likely N-dealkylation sites (tertiary alicyclic amines) is 1. The second-order valence-electron chi connectivity index (χ2n) is 5.69. The number of rotatable bonds is 6. The number of aromatic nitrogens is 3. The fourth-order valence-corrected chi connectivity index (χ4v) is 2.93. The highest BCUT2D eigenvalue weighted by molar-refractivity contribution is 5.78. The third kappa shape index (κ3) is 3.54. The van der Waals surface area contributed by atoms with Crippen LogP contribution in [0.15, 0.2) is 35.5 Å². The van der Waals surface area contributed by atoms with E-state index in [1.807, 2.05) is 23.7 Å². The summed E-state index contributed by atoms with van der Waals surface area (Å²) in [6, 6.07) is 3.92. The van der Waals surface area contributed by atoms with Gasteiger partial charge in [0.25, 0.3) is 0 Å². The van der Waals surface area contributed by atoms with E-state index in [-0.39, 0.29) is 11.9 Å². The molecule has 7 nitrogen and oxygen atoms in total. The van der Waals surface area contributed by atoms with E-state index < -0.39 is 0 Å². The number of hydrogen-bond donors (Lipinski definition) is 1. The van der Waals surface area contributed by atoms with Gasteiger partial charge in [-0.1, -0.05) is 0 Å². The van der Waals surface area contributed by atoms with Gasteiger partial charge >= 0.3 is 0 Å². The lowest BCUT2D eigenvalue weighted by Gasteiger charge is -2.24. The molecule has 2 atom stereocenters. The summed E-state index contributed by atoms with van der Waals surface area (Å²) in [5.41, 5.74) is 0. The van der Waals surface area contributed by atoms with Gasteiger partial charge in [-0.15, -0.1) is 0 Å². The summed E-state index contributed by atoms with van der Waals surface area (Å²) in [7, 11) is 0. The van der Waals surface area contributed by atoms with Crippen molar-refractivity contribution in [3.05, 3.63) is 36.8 Å². The fraction of sp³-hybridized carbons (Fsp3) is 0.533. The van der Waals surface area contributed by atoms with Crippen LogP contribution in [0.5, 0.6) is 0 Å². The van der Waals surface area contributed by atoms with Crippen LogP contribution in [0.25, 0.3) is 0 Å². The minimum absolute atomic E-state index is 0.0226. The van der Waals surface area contributed by atoms with Gasteiger partial charge in [-0.25, -0.2) is 4.98 Å². The molecule has 2 aromatic rings. The van der Waals surface area contributed by atoms with E-state index in [9.17, 15) is 4.79 Å². The van der Waals surface area contributed by atoms with Crippen molar-refractivity contribution in [2.45, 2.75) is 38.4 Å². The second-order valence-corrected chi connectivity index (χ2v) is 5.69. The molecule has 2 aromatic heterocycles. The molecule has 3 rings (SSSR count). The molecular formula is C15H21N5O2. The summed E-state index contributed by atoms with van der Waals surface area (Å²) in [5.74, 6) is 0.795. The van der Waals surface area contributed by atoms with Gasteiger partial charge < -0.3 is 9.73 Å². The van der Waals surface area contributed by atoms with E-state index in [2.05, 4.69) is 20.3 Å². The zero-order chi connectivity index (χ0) is 15.4. The maximum Gasteiger partial charge on any atom is 0.234 e. The normalized spacial score (nSPS) is 20.1. The average molecular weight is 303 g/mol. The number of nitrogens with one attached hydrogen (secondary N) is 1. The minimum Gasteiger partial charge on any atom is -0.467 e. The highest BCUT2D eigenvalue weighted by Gasteiger charge is 2.27. The molecule has 0 aromatic carbocycles. The summed E-state index contributed by atoms with van der Waals surface area (Å²) in [6.45, 7) is 4.06. The molecule has 22 heavy (non-hydrogen) atoms. The number of carbonyl (C=O) groups is 1. The molecular weight excluding hydrogens is 282 g/mol. The van der Waals surface area contributed by atoms with Crippen molar-refractivity contribution in [1.82, 2.24) is 25.0 Å². The Morgan fingerprint density at radius 1 is 1.59 bits per heavy atom. The molecule has 1 N–H and O–H groups in total. The van der Waals surface area contributed by atoms with Crippen LogP contribution < -0.4 is 5.32 Å². The van der Waals surface area contributed by atoms with Crippen molar-refractivity contribution < 1.29 is 9.21 Å². The van der Waals surface area contributed by atoms with E-state index in [1.165, 1.54) is 6.33 Å². The van der Waals surface area contributed by atoms with E-state index in [1.54, 1.807) is 12.6 Å². The highest BCUT2D eigenvalue weighted by atomic mass is 16.3. The van der Waals surface area contributed by atoms with Crippen LogP contribution >= 0.6 is 0 Å². The zero-order valence-corrected chi connectivity index (χ0v) is 12.7. The fourth-order valence-electron chi connectivity index (χ4n) is 2.93. The number of hydrogen-bond acceptors (Lipinski definition) is 5. The molecule has 0 unspecified atom stereocenters. The Morgan fingerprint density at radius 3 is 3.23 bits per heavy atom. The van der Waals surface area contributed by atoms with E-state index in [4.69, 9.17) is 4.42 Å². The van der Waals surface area contributed by atoms with E-state index in [0.29, 0.717) is 12.6 Å². The van der Waals surface area contributed by atoms with Gasteiger partial charge in [-0.05, 0) is 38.4 Å². The van der Waals surface area contributed by atoms with Crippen LogP contribution in [0.2, 0.25) is 0 Å². The van der Waals surface area contributed by atoms with E-state index in [0.717, 1.165) is 31.7 Å². The number of amides is 1. The molecule has 0 spiro atoms. The largest absolute Gasteiger partial charge is 0.467 e. The van der Waals surface area contributed by atoms with Crippen LogP contribution in [0.4, 0.5) is 0 Å². The Balaban J connectivity index is 1.51. The van der Waals surface area contributed by atoms with Crippen molar-refractivity contribution >= 4 is 5.91 Å². The standard InChI is InChI=1S/C15H21N5O2/c1-12(14-5-3-7-22-14)18-15(21)9-19-6-2-4-13(19)8-20-11-16-10-17-20/h3,5,7,10-13H,2,4,6,8-9H2,1H3,(H,18,21)/t12-,13+/m1/s1.